The molecule has 0 bridgehead atoms. The van der Waals surface area contributed by atoms with Crippen LogP contribution < -0.4 is 155 Å². The van der Waals surface area contributed by atoms with Gasteiger partial charge in [-0.05, 0) is 214 Å². The van der Waals surface area contributed by atoms with Gasteiger partial charge in [-0.25, -0.2) is 43.7 Å². The molecule has 0 spiro atoms. The first kappa shape index (κ1) is 105. The molecular weight excluding hydrogens is 1730 g/mol. The van der Waals surface area contributed by atoms with Crippen molar-refractivity contribution < 1.29 is 224 Å². The van der Waals surface area contributed by atoms with Gasteiger partial charge in [0.1, 0.15) is 67.4 Å². The topological polar surface area (TPSA) is 472 Å². The van der Waals surface area contributed by atoms with Crippen LogP contribution >= 0.6 is 0 Å². The first-order valence-corrected chi connectivity index (χ1v) is 43.5. The van der Waals surface area contributed by atoms with Crippen molar-refractivity contribution in [1.82, 2.24) is 0 Å². The molecule has 0 radical (unpaired) electrons. The minimum atomic E-state index is -5.22. The van der Waals surface area contributed by atoms with Gasteiger partial charge in [-0.3, -0.25) is 10.2 Å². The van der Waals surface area contributed by atoms with Crippen molar-refractivity contribution in [2.24, 2.45) is 5.92 Å². The maximum Gasteiger partial charge on any atom is 1.00 e. The molecule has 620 valence electrons. The predicted molar refractivity (Wildman–Crippen MR) is 438 cm³/mol. The van der Waals surface area contributed by atoms with E-state index >= 15 is 0 Å². The minimum absolute atomic E-state index is 0. The number of fused-ring (bicyclic) bond motifs is 4. The zero-order chi connectivity index (χ0) is 87.8. The fraction of sp³-hybridized carbons (Fsp3) is 0.238. The summed E-state index contributed by atoms with van der Waals surface area (Å²) in [5.41, 5.74) is 18.3. The number of aryl methyl sites for hydroxylation is 8. The standard InChI is InChI=1S/C45H47N4O9S2.C39H37N2O7S2.4Na.2O3S/c1-23(2)44(50)49-43-27(6)18-26(5)42(29(43)8)48-34-21-36-33(20-38(34)60(54,55)56)39(32-13-11-12-14-37(32)59(51,52)53)31-16-15-30(19-35(31)58-36)47-41-25(4)17-24(3)40(28(41)7)45(9,10)57-22-46;1-20-15-22(3)38(26(7)24(20)5)40-28-13-14-29-33(17-28)48-34-19-32(41-39-23(4)16-21(2)25(6)27(39)8)36(50(45,46)47)18-31(34)37(29)30-11-9-10-12-35(30)49(42,43)44;;;;;2*1-4(2)3/h11-14,16-23,46-47H,1-10H3,(H,49,50)(H,51,52,53)(H,54,55,56);9-12,14-19,40H,1-8H3,(H,42,43,44)(H,45,46,47);;;;;;/q2*-1;4*+1;;/p-2. The van der Waals surface area contributed by atoms with Crippen LogP contribution in [0.25, 0.3) is 66.8 Å². The maximum absolute atomic E-state index is 13.1. The molecule has 6 N–H and O–H groups in total. The molecule has 8 aromatic carbocycles. The molecule has 8 aromatic rings. The predicted octanol–water partition coefficient (Wildman–Crippen LogP) is -0.482. The number of nitrogens with one attached hydrogen (secondary N) is 6. The first-order chi connectivity index (χ1) is 54.8. The Labute approximate surface area is 799 Å². The molecule has 4 aliphatic rings. The fourth-order valence-corrected chi connectivity index (χ4v) is 17.3. The third-order valence-electron chi connectivity index (χ3n) is 20.3. The van der Waals surface area contributed by atoms with E-state index in [0.717, 1.165) is 96.7 Å². The van der Waals surface area contributed by atoms with Gasteiger partial charge in [-0.1, -0.05) is 95.7 Å². The SMILES string of the molecule is Cc1cc(C)c(Nc2[c-]cc3c(-c4ccccc4S(=O)(=O)[O-])c4cc(S(=O)(=O)[O-])c(=[NH+]c5c(C)cc(C)c(C)c5C)cc-4oc3c2)c(C)c1C.Cc1cc(C)c([NH+]=c2cc3oc4cc(Nc5c(C)cc(C)c(C(C)(C)OC=N)c5C)[c-]cc4c(-c4ccccc4S(=O)(=O)[O-])c-3cc2S(=O)(=O)[O-])c(C)c1NC(=O)C(C)C.O=S(=O)=O.O=S(=O)=O.[Na+].[Na+].[Na+].[Na+]. The van der Waals surface area contributed by atoms with Crippen LogP contribution in [-0.4, -0.2) is 89.4 Å². The smallest absolute Gasteiger partial charge is 0.744 e. The molecule has 0 saturated heterocycles. The van der Waals surface area contributed by atoms with Crippen LogP contribution in [0.2, 0.25) is 0 Å². The summed E-state index contributed by atoms with van der Waals surface area (Å²) in [7, 11) is -26.6. The quantitative estimate of drug-likeness (QED) is 0.0167. The molecule has 1 amide bonds. The van der Waals surface area contributed by atoms with Gasteiger partial charge in [0, 0.05) is 67.4 Å². The van der Waals surface area contributed by atoms with Crippen LogP contribution in [-0.2, 0) is 76.8 Å². The number of hydrogen-bond acceptors (Lipinski definition) is 25. The second-order valence-corrected chi connectivity index (χ2v) is 35.2. The Bertz CT molecular complexity index is 6990. The largest absolute Gasteiger partial charge is 1.00 e. The molecule has 0 aromatic heterocycles. The Hall–Kier alpha value is -7.44. The Morgan fingerprint density at radius 1 is 0.451 bits per heavy atom. The molecule has 0 unspecified atom stereocenters. The summed E-state index contributed by atoms with van der Waals surface area (Å²) in [5, 5.41) is 17.9. The van der Waals surface area contributed by atoms with Crippen LogP contribution in [0.5, 0.6) is 0 Å². The molecule has 28 nitrogen and oxygen atoms in total. The average Bonchev–Trinajstić information content (AvgIpc) is 0.734. The number of carbonyl (C=O) groups excluding carboxylic acids is 1. The van der Waals surface area contributed by atoms with E-state index in [1.807, 2.05) is 101 Å². The van der Waals surface area contributed by atoms with Crippen LogP contribution in [0.4, 0.5) is 39.8 Å². The molecular formula is C84H82N6Na4O22S6. The second kappa shape index (κ2) is 41.8. The van der Waals surface area contributed by atoms with Crippen molar-refractivity contribution in [3.63, 3.8) is 0 Å². The van der Waals surface area contributed by atoms with E-state index in [9.17, 15) is 56.7 Å². The van der Waals surface area contributed by atoms with E-state index in [-0.39, 0.29) is 197 Å². The molecule has 122 heavy (non-hydrogen) atoms. The molecule has 2 aliphatic heterocycles. The van der Waals surface area contributed by atoms with Crippen molar-refractivity contribution >= 4 is 136 Å². The summed E-state index contributed by atoms with van der Waals surface area (Å²) in [5.74, 6) is -0.339. The van der Waals surface area contributed by atoms with E-state index < -0.39 is 86.9 Å². The summed E-state index contributed by atoms with van der Waals surface area (Å²) < 4.78 is 223. The number of anilines is 5. The van der Waals surface area contributed by atoms with Crippen molar-refractivity contribution in [1.29, 1.82) is 5.41 Å². The van der Waals surface area contributed by atoms with Gasteiger partial charge in [-0.2, -0.15) is 24.3 Å². The van der Waals surface area contributed by atoms with E-state index in [2.05, 4.69) is 58.0 Å². The number of benzene rings is 10. The monoisotopic (exact) mass is 1810 g/mol. The third kappa shape index (κ3) is 23.8. The van der Waals surface area contributed by atoms with Gasteiger partial charge >= 0.3 is 139 Å². The van der Waals surface area contributed by atoms with Gasteiger partial charge in [0.2, 0.25) is 28.0 Å². The van der Waals surface area contributed by atoms with Crippen LogP contribution in [0.3, 0.4) is 0 Å². The molecule has 2 aliphatic carbocycles. The molecule has 12 rings (SSSR count). The van der Waals surface area contributed by atoms with Gasteiger partial charge in [-0.15, -0.1) is 37.4 Å². The molecule has 0 atom stereocenters. The number of ether oxygens (including phenoxy) is 1. The van der Waals surface area contributed by atoms with Crippen LogP contribution in [0.1, 0.15) is 111 Å². The van der Waals surface area contributed by atoms with Crippen molar-refractivity contribution in [2.75, 3.05) is 16.0 Å². The summed E-state index contributed by atoms with van der Waals surface area (Å²) >= 11 is 0. The zero-order valence-electron chi connectivity index (χ0n) is 71.1. The summed E-state index contributed by atoms with van der Waals surface area (Å²) in [6.07, 6.45) is 0.909. The van der Waals surface area contributed by atoms with Gasteiger partial charge in [0.25, 0.3) is 0 Å². The maximum atomic E-state index is 13.1. The number of carbonyl (C=O) groups is 1. The van der Waals surface area contributed by atoms with Crippen LogP contribution in [0, 0.1) is 120 Å². The summed E-state index contributed by atoms with van der Waals surface area (Å²) in [4.78, 5) is 16.8. The summed E-state index contributed by atoms with van der Waals surface area (Å²) in [6, 6.07) is 37.0. The zero-order valence-corrected chi connectivity index (χ0v) is 84.0. The van der Waals surface area contributed by atoms with E-state index in [1.165, 1.54) is 66.2 Å². The van der Waals surface area contributed by atoms with Gasteiger partial charge < -0.3 is 47.7 Å². The van der Waals surface area contributed by atoms with Crippen molar-refractivity contribution in [3.8, 4) is 44.9 Å². The average molecular weight is 1810 g/mol. The number of hydrogen-bond donors (Lipinski definition) is 6. The van der Waals surface area contributed by atoms with Gasteiger partial charge in [0.15, 0.2) is 6.40 Å². The normalized spacial score (nSPS) is 11.8. The van der Waals surface area contributed by atoms with Crippen LogP contribution in [0.15, 0.2) is 150 Å². The Morgan fingerprint density at radius 2 is 0.795 bits per heavy atom. The van der Waals surface area contributed by atoms with Crippen molar-refractivity contribution in [3.05, 3.63) is 228 Å². The van der Waals surface area contributed by atoms with E-state index in [0.29, 0.717) is 50.5 Å². The van der Waals surface area contributed by atoms with E-state index in [4.69, 9.17) is 44.2 Å². The van der Waals surface area contributed by atoms with Crippen molar-refractivity contribution in [2.45, 2.75) is 150 Å². The van der Waals surface area contributed by atoms with Gasteiger partial charge in [0.05, 0.1) is 27.6 Å². The molecule has 38 heteroatoms. The summed E-state index contributed by atoms with van der Waals surface area (Å²) in [6.45, 7) is 34.4. The number of rotatable bonds is 17. The number of amides is 1. The Kier molecular flexibility index (Phi) is 36.0. The molecule has 0 saturated carbocycles. The second-order valence-electron chi connectivity index (χ2n) is 29.0. The molecule has 0 fully saturated rings. The minimum Gasteiger partial charge on any atom is -0.744 e. The van der Waals surface area contributed by atoms with E-state index in [1.54, 1.807) is 52.0 Å². The Balaban J connectivity index is 0.000000391. The fourth-order valence-electron chi connectivity index (χ4n) is 14.7. The first-order valence-electron chi connectivity index (χ1n) is 35.8. The molecule has 2 heterocycles. The third-order valence-corrected chi connectivity index (χ3v) is 23.9. The Morgan fingerprint density at radius 3 is 1.18 bits per heavy atom.